The Balaban J connectivity index is 1.94. The van der Waals surface area contributed by atoms with Gasteiger partial charge in [-0.05, 0) is 5.56 Å². The van der Waals surface area contributed by atoms with Crippen molar-refractivity contribution in [1.29, 1.82) is 0 Å². The van der Waals surface area contributed by atoms with Gasteiger partial charge in [-0.1, -0.05) is 103 Å². The van der Waals surface area contributed by atoms with E-state index < -0.39 is 7.14 Å². The second kappa shape index (κ2) is 7.26. The molecule has 0 heterocycles. The quantitative estimate of drug-likeness (QED) is 0.622. The van der Waals surface area contributed by atoms with E-state index in [1.54, 1.807) is 0 Å². The summed E-state index contributed by atoms with van der Waals surface area (Å²) in [6.07, 6.45) is 4.59. The molecular formula is C21H19OP. The number of hydrogen-bond donors (Lipinski definition) is 0. The Morgan fingerprint density at radius 1 is 0.652 bits per heavy atom. The van der Waals surface area contributed by atoms with Crippen LogP contribution in [0.2, 0.25) is 0 Å². The average Bonchev–Trinajstić information content (AvgIpc) is 2.64. The van der Waals surface area contributed by atoms with Crippen molar-refractivity contribution >= 4 is 23.8 Å². The van der Waals surface area contributed by atoms with Crippen molar-refractivity contribution in [3.05, 3.63) is 103 Å². The molecule has 0 spiro atoms. The Kier molecular flexibility index (Phi) is 4.90. The summed E-state index contributed by atoms with van der Waals surface area (Å²) in [6.45, 7) is 0. The van der Waals surface area contributed by atoms with Crippen molar-refractivity contribution in [2.75, 3.05) is 6.16 Å². The van der Waals surface area contributed by atoms with E-state index in [0.717, 1.165) is 16.2 Å². The van der Waals surface area contributed by atoms with Crippen molar-refractivity contribution in [2.24, 2.45) is 0 Å². The van der Waals surface area contributed by atoms with Crippen molar-refractivity contribution in [2.45, 2.75) is 0 Å². The van der Waals surface area contributed by atoms with Crippen LogP contribution in [-0.2, 0) is 4.57 Å². The molecule has 3 rings (SSSR count). The lowest BCUT2D eigenvalue weighted by Gasteiger charge is -2.17. The first-order valence-corrected chi connectivity index (χ1v) is 9.60. The van der Waals surface area contributed by atoms with E-state index in [9.17, 15) is 4.57 Å². The Morgan fingerprint density at radius 2 is 1.09 bits per heavy atom. The SMILES string of the molecule is O=P(C/C=C\c1ccccc1)(c1ccccc1)c1ccccc1. The van der Waals surface area contributed by atoms with Gasteiger partial charge in [0.1, 0.15) is 7.14 Å². The van der Waals surface area contributed by atoms with E-state index in [1.165, 1.54) is 0 Å². The summed E-state index contributed by atoms with van der Waals surface area (Å²) >= 11 is 0. The van der Waals surface area contributed by atoms with Gasteiger partial charge in [0, 0.05) is 16.8 Å². The van der Waals surface area contributed by atoms with Crippen LogP contribution in [0, 0.1) is 0 Å². The zero-order valence-corrected chi connectivity index (χ0v) is 13.8. The molecule has 0 saturated heterocycles. The first-order valence-electron chi connectivity index (χ1n) is 7.71. The topological polar surface area (TPSA) is 17.1 Å². The van der Waals surface area contributed by atoms with Crippen LogP contribution in [-0.4, -0.2) is 6.16 Å². The fraction of sp³-hybridized carbons (Fsp3) is 0.0476. The summed E-state index contributed by atoms with van der Waals surface area (Å²) in [5, 5.41) is 1.81. The minimum atomic E-state index is -2.65. The normalized spacial score (nSPS) is 11.7. The molecule has 0 bridgehead atoms. The molecule has 0 aliphatic carbocycles. The molecule has 0 saturated carbocycles. The average molecular weight is 318 g/mol. The van der Waals surface area contributed by atoms with Gasteiger partial charge in [-0.2, -0.15) is 0 Å². The summed E-state index contributed by atoms with van der Waals surface area (Å²) in [5.41, 5.74) is 1.13. The number of allylic oxidation sites excluding steroid dienone is 1. The van der Waals surface area contributed by atoms with Crippen LogP contribution in [0.1, 0.15) is 5.56 Å². The minimum Gasteiger partial charge on any atom is -0.313 e. The van der Waals surface area contributed by atoms with Gasteiger partial charge in [0.2, 0.25) is 0 Å². The first-order chi connectivity index (χ1) is 11.3. The Morgan fingerprint density at radius 3 is 1.57 bits per heavy atom. The molecule has 0 N–H and O–H groups in total. The molecule has 2 heteroatoms. The highest BCUT2D eigenvalue weighted by Gasteiger charge is 2.25. The van der Waals surface area contributed by atoms with Crippen LogP contribution < -0.4 is 10.6 Å². The summed E-state index contributed by atoms with van der Waals surface area (Å²) in [5.74, 6) is 0. The third-order valence-corrected chi connectivity index (χ3v) is 6.81. The van der Waals surface area contributed by atoms with Gasteiger partial charge < -0.3 is 4.57 Å². The van der Waals surface area contributed by atoms with Gasteiger partial charge in [-0.15, -0.1) is 0 Å². The molecule has 3 aromatic carbocycles. The maximum Gasteiger partial charge on any atom is 0.146 e. The van der Waals surface area contributed by atoms with E-state index in [0.29, 0.717) is 6.16 Å². The van der Waals surface area contributed by atoms with Gasteiger partial charge in [0.15, 0.2) is 0 Å². The van der Waals surface area contributed by atoms with Crippen LogP contribution >= 0.6 is 7.14 Å². The Hall–Kier alpha value is -2.37. The predicted molar refractivity (Wildman–Crippen MR) is 100 cm³/mol. The summed E-state index contributed by atoms with van der Waals surface area (Å²) in [4.78, 5) is 0. The largest absolute Gasteiger partial charge is 0.313 e. The Bertz CT molecular complexity index is 765. The molecule has 3 aromatic rings. The predicted octanol–water partition coefficient (Wildman–Crippen LogP) is 4.71. The van der Waals surface area contributed by atoms with Crippen LogP contribution in [0.15, 0.2) is 97.1 Å². The number of benzene rings is 3. The van der Waals surface area contributed by atoms with Gasteiger partial charge >= 0.3 is 0 Å². The third kappa shape index (κ3) is 3.70. The fourth-order valence-corrected chi connectivity index (χ4v) is 5.03. The second-order valence-corrected chi connectivity index (χ2v) is 8.28. The second-order valence-electron chi connectivity index (χ2n) is 5.41. The molecule has 0 radical (unpaired) electrons. The van der Waals surface area contributed by atoms with Gasteiger partial charge in [-0.25, -0.2) is 0 Å². The molecule has 0 aliphatic heterocycles. The van der Waals surface area contributed by atoms with Gasteiger partial charge in [0.25, 0.3) is 0 Å². The number of hydrogen-bond acceptors (Lipinski definition) is 1. The highest BCUT2D eigenvalue weighted by atomic mass is 31.2. The van der Waals surface area contributed by atoms with Crippen molar-refractivity contribution in [1.82, 2.24) is 0 Å². The van der Waals surface area contributed by atoms with Gasteiger partial charge in [-0.3, -0.25) is 0 Å². The molecule has 1 nitrogen and oxygen atoms in total. The zero-order valence-electron chi connectivity index (χ0n) is 12.9. The summed E-state index contributed by atoms with van der Waals surface area (Å²) in [6, 6.07) is 29.7. The molecule has 0 aliphatic rings. The lowest BCUT2D eigenvalue weighted by atomic mass is 10.2. The van der Waals surface area contributed by atoms with E-state index in [-0.39, 0.29) is 0 Å². The van der Waals surface area contributed by atoms with Crippen LogP contribution in [0.4, 0.5) is 0 Å². The van der Waals surface area contributed by atoms with E-state index >= 15 is 0 Å². The number of rotatable bonds is 5. The molecular weight excluding hydrogens is 299 g/mol. The zero-order chi connectivity index (χ0) is 16.0. The molecule has 0 unspecified atom stereocenters. The third-order valence-electron chi connectivity index (χ3n) is 3.82. The molecule has 0 aromatic heterocycles. The Labute approximate surface area is 137 Å². The maximum atomic E-state index is 13.8. The first kappa shape index (κ1) is 15.5. The maximum absolute atomic E-state index is 13.8. The highest BCUT2D eigenvalue weighted by Crippen LogP contribution is 2.43. The van der Waals surface area contributed by atoms with Crippen molar-refractivity contribution in [3.8, 4) is 0 Å². The summed E-state index contributed by atoms with van der Waals surface area (Å²) < 4.78 is 13.8. The van der Waals surface area contributed by atoms with Crippen LogP contribution in [0.25, 0.3) is 6.08 Å². The monoisotopic (exact) mass is 318 g/mol. The molecule has 0 amide bonds. The van der Waals surface area contributed by atoms with Gasteiger partial charge in [0.05, 0.1) is 0 Å². The molecule has 114 valence electrons. The highest BCUT2D eigenvalue weighted by molar-refractivity contribution is 7.78. The standard InChI is InChI=1S/C21H19OP/c22-23(20-14-6-2-7-15-20,21-16-8-3-9-17-21)18-10-13-19-11-4-1-5-12-19/h1-17H,18H2/b13-10-. The molecule has 0 atom stereocenters. The lowest BCUT2D eigenvalue weighted by Crippen LogP contribution is -2.17. The lowest BCUT2D eigenvalue weighted by molar-refractivity contribution is 0.589. The van der Waals surface area contributed by atoms with Crippen LogP contribution in [0.5, 0.6) is 0 Å². The van der Waals surface area contributed by atoms with E-state index in [2.05, 4.69) is 0 Å². The molecule has 23 heavy (non-hydrogen) atoms. The smallest absolute Gasteiger partial charge is 0.146 e. The van der Waals surface area contributed by atoms with E-state index in [4.69, 9.17) is 0 Å². The van der Waals surface area contributed by atoms with Crippen molar-refractivity contribution in [3.63, 3.8) is 0 Å². The van der Waals surface area contributed by atoms with E-state index in [1.807, 2.05) is 103 Å². The minimum absolute atomic E-state index is 0.524. The fourth-order valence-electron chi connectivity index (χ4n) is 2.60. The van der Waals surface area contributed by atoms with Crippen LogP contribution in [0.3, 0.4) is 0 Å². The van der Waals surface area contributed by atoms with Crippen molar-refractivity contribution < 1.29 is 4.57 Å². The summed E-state index contributed by atoms with van der Waals surface area (Å²) in [7, 11) is -2.65. The molecule has 0 fully saturated rings.